The van der Waals surface area contributed by atoms with Gasteiger partial charge in [-0.15, -0.1) is 0 Å². The van der Waals surface area contributed by atoms with E-state index in [4.69, 9.17) is 8.92 Å². The molecule has 0 aromatic rings. The Morgan fingerprint density at radius 3 is 2.53 bits per heavy atom. The van der Waals surface area contributed by atoms with Gasteiger partial charge in [-0.1, -0.05) is 13.0 Å². The van der Waals surface area contributed by atoms with Crippen molar-refractivity contribution in [3.8, 4) is 0 Å². The second-order valence-corrected chi connectivity index (χ2v) is 5.58. The lowest BCUT2D eigenvalue weighted by molar-refractivity contribution is -0.137. The summed E-state index contributed by atoms with van der Waals surface area (Å²) >= 11 is 0. The number of esters is 1. The Morgan fingerprint density at radius 1 is 1.35 bits per heavy atom. The van der Waals surface area contributed by atoms with E-state index in [0.29, 0.717) is 12.8 Å². The van der Waals surface area contributed by atoms with Gasteiger partial charge in [0, 0.05) is 12.5 Å². The van der Waals surface area contributed by atoms with Crippen LogP contribution in [0, 0.1) is 0 Å². The molecule has 0 bridgehead atoms. The number of carbonyl (C=O) groups is 1. The maximum Gasteiger partial charge on any atom is 0.330 e. The molecule has 5 nitrogen and oxygen atoms in total. The number of hydrogen-bond acceptors (Lipinski definition) is 5. The fourth-order valence-electron chi connectivity index (χ4n) is 0.911. The summed E-state index contributed by atoms with van der Waals surface area (Å²) in [4.78, 5) is 10.9. The summed E-state index contributed by atoms with van der Waals surface area (Å²) in [6.45, 7) is 5.28. The Balaban J connectivity index is 3.76. The zero-order valence-electron chi connectivity index (χ0n) is 10.5. The molecular formula is C11H20O5S. The summed E-state index contributed by atoms with van der Waals surface area (Å²) in [6, 6.07) is 0. The third-order valence-corrected chi connectivity index (χ3v) is 3.97. The smallest absolute Gasteiger partial charge is 0.330 e. The molecule has 17 heavy (non-hydrogen) atoms. The summed E-state index contributed by atoms with van der Waals surface area (Å²) in [5, 5.41) is -0.506. The second-order valence-electron chi connectivity index (χ2n) is 3.55. The highest BCUT2D eigenvalue weighted by Gasteiger charge is 2.19. The topological polar surface area (TPSA) is 69.7 Å². The monoisotopic (exact) mass is 264 g/mol. The Bertz CT molecular complexity index is 345. The van der Waals surface area contributed by atoms with E-state index < -0.39 is 21.3 Å². The van der Waals surface area contributed by atoms with Crippen LogP contribution in [0.25, 0.3) is 0 Å². The molecule has 0 aliphatic rings. The lowest BCUT2D eigenvalue weighted by atomic mass is 10.4. The lowest BCUT2D eigenvalue weighted by Crippen LogP contribution is -2.20. The standard InChI is InChI=1S/C11H20O5S/c1-4-7-11(12)15-8-6-9-16-17(13,14)10(3)5-2/h4,7,10H,5-6,8-9H2,1-3H3. The van der Waals surface area contributed by atoms with E-state index >= 15 is 0 Å². The predicted octanol–water partition coefficient (Wildman–Crippen LogP) is 1.64. The maximum atomic E-state index is 11.4. The van der Waals surface area contributed by atoms with Gasteiger partial charge in [-0.05, 0) is 20.3 Å². The van der Waals surface area contributed by atoms with Crippen LogP contribution in [0.1, 0.15) is 33.6 Å². The lowest BCUT2D eigenvalue weighted by Gasteiger charge is -2.10. The summed E-state index contributed by atoms with van der Waals surface area (Å²) < 4.78 is 32.4. The van der Waals surface area contributed by atoms with Gasteiger partial charge in [-0.2, -0.15) is 8.42 Å². The quantitative estimate of drug-likeness (QED) is 0.288. The van der Waals surface area contributed by atoms with Crippen LogP contribution in [-0.4, -0.2) is 32.9 Å². The fraction of sp³-hybridized carbons (Fsp3) is 0.727. The molecule has 0 radical (unpaired) electrons. The fourth-order valence-corrected chi connectivity index (χ4v) is 1.90. The molecule has 1 atom stereocenters. The Labute approximate surface area is 103 Å². The normalized spacial score (nSPS) is 13.8. The minimum atomic E-state index is -3.48. The second kappa shape index (κ2) is 8.25. The summed E-state index contributed by atoms with van der Waals surface area (Å²) in [6.07, 6.45) is 3.75. The van der Waals surface area contributed by atoms with Crippen LogP contribution in [0.15, 0.2) is 12.2 Å². The number of allylic oxidation sites excluding steroid dienone is 1. The van der Waals surface area contributed by atoms with Gasteiger partial charge in [0.25, 0.3) is 10.1 Å². The highest BCUT2D eigenvalue weighted by Crippen LogP contribution is 2.07. The molecule has 0 aromatic heterocycles. The van der Waals surface area contributed by atoms with Gasteiger partial charge in [0.2, 0.25) is 0 Å². The van der Waals surface area contributed by atoms with Gasteiger partial charge < -0.3 is 4.74 Å². The van der Waals surface area contributed by atoms with Crippen LogP contribution in [0.4, 0.5) is 0 Å². The van der Waals surface area contributed by atoms with Gasteiger partial charge in [0.1, 0.15) is 0 Å². The van der Waals surface area contributed by atoms with Crippen molar-refractivity contribution in [3.05, 3.63) is 12.2 Å². The minimum absolute atomic E-state index is 0.0375. The van der Waals surface area contributed by atoms with Crippen LogP contribution < -0.4 is 0 Å². The molecule has 0 aliphatic carbocycles. The van der Waals surface area contributed by atoms with Crippen LogP contribution in [0.3, 0.4) is 0 Å². The van der Waals surface area contributed by atoms with Crippen molar-refractivity contribution in [2.75, 3.05) is 13.2 Å². The maximum absolute atomic E-state index is 11.4. The Hall–Kier alpha value is -0.880. The molecular weight excluding hydrogens is 244 g/mol. The number of carbonyl (C=O) groups excluding carboxylic acids is 1. The third-order valence-electron chi connectivity index (χ3n) is 2.15. The Kier molecular flexibility index (Phi) is 7.82. The molecule has 0 amide bonds. The Morgan fingerprint density at radius 2 is 2.00 bits per heavy atom. The largest absolute Gasteiger partial charge is 0.462 e. The summed E-state index contributed by atoms with van der Waals surface area (Å²) in [5.41, 5.74) is 0. The van der Waals surface area contributed by atoms with Crippen molar-refractivity contribution >= 4 is 16.1 Å². The number of rotatable bonds is 8. The first-order valence-corrected chi connectivity index (χ1v) is 7.08. The van der Waals surface area contributed by atoms with E-state index in [1.807, 2.05) is 0 Å². The van der Waals surface area contributed by atoms with Crippen molar-refractivity contribution in [3.63, 3.8) is 0 Å². The minimum Gasteiger partial charge on any atom is -0.462 e. The van der Waals surface area contributed by atoms with Gasteiger partial charge in [0.05, 0.1) is 18.5 Å². The molecule has 0 rings (SSSR count). The molecule has 0 aromatic carbocycles. The summed E-state index contributed by atoms with van der Waals surface area (Å²) in [5.74, 6) is -0.433. The van der Waals surface area contributed by atoms with Crippen molar-refractivity contribution in [1.29, 1.82) is 0 Å². The average molecular weight is 264 g/mol. The molecule has 0 heterocycles. The number of hydrogen-bond donors (Lipinski definition) is 0. The van der Waals surface area contributed by atoms with Crippen LogP contribution in [-0.2, 0) is 23.8 Å². The third kappa shape index (κ3) is 7.12. The van der Waals surface area contributed by atoms with Gasteiger partial charge in [0.15, 0.2) is 0 Å². The van der Waals surface area contributed by atoms with Gasteiger partial charge in [-0.25, -0.2) is 4.79 Å². The molecule has 1 unspecified atom stereocenters. The van der Waals surface area contributed by atoms with E-state index in [9.17, 15) is 13.2 Å². The first-order valence-electron chi connectivity index (χ1n) is 5.61. The predicted molar refractivity (Wildman–Crippen MR) is 65.0 cm³/mol. The van der Waals surface area contributed by atoms with Crippen molar-refractivity contribution in [2.45, 2.75) is 38.9 Å². The molecule has 100 valence electrons. The van der Waals surface area contributed by atoms with Crippen molar-refractivity contribution in [1.82, 2.24) is 0 Å². The molecule has 0 spiro atoms. The van der Waals surface area contributed by atoms with E-state index in [2.05, 4.69) is 0 Å². The van der Waals surface area contributed by atoms with Crippen LogP contribution >= 0.6 is 0 Å². The zero-order valence-corrected chi connectivity index (χ0v) is 11.3. The highest BCUT2D eigenvalue weighted by atomic mass is 32.2. The molecule has 0 fully saturated rings. The van der Waals surface area contributed by atoms with Gasteiger partial charge in [-0.3, -0.25) is 4.18 Å². The van der Waals surface area contributed by atoms with Crippen molar-refractivity contribution in [2.24, 2.45) is 0 Å². The number of ether oxygens (including phenoxy) is 1. The first kappa shape index (κ1) is 16.1. The van der Waals surface area contributed by atoms with Crippen molar-refractivity contribution < 1.29 is 22.1 Å². The first-order chi connectivity index (χ1) is 7.94. The van der Waals surface area contributed by atoms with E-state index in [1.54, 1.807) is 26.8 Å². The molecule has 6 heteroatoms. The molecule has 0 N–H and O–H groups in total. The molecule has 0 saturated heterocycles. The van der Waals surface area contributed by atoms with Gasteiger partial charge >= 0.3 is 5.97 Å². The molecule has 0 saturated carbocycles. The summed E-state index contributed by atoms with van der Waals surface area (Å²) in [7, 11) is -3.48. The SMILES string of the molecule is CC=CC(=O)OCCCOS(=O)(=O)C(C)CC. The van der Waals surface area contributed by atoms with Crippen LogP contribution in [0.5, 0.6) is 0 Å². The van der Waals surface area contributed by atoms with E-state index in [0.717, 1.165) is 0 Å². The average Bonchev–Trinajstić information content (AvgIpc) is 2.27. The molecule has 0 aliphatic heterocycles. The van der Waals surface area contributed by atoms with E-state index in [-0.39, 0.29) is 13.2 Å². The zero-order chi connectivity index (χ0) is 13.3. The van der Waals surface area contributed by atoms with Crippen LogP contribution in [0.2, 0.25) is 0 Å². The van der Waals surface area contributed by atoms with E-state index in [1.165, 1.54) is 6.08 Å². The highest BCUT2D eigenvalue weighted by molar-refractivity contribution is 7.87.